The van der Waals surface area contributed by atoms with E-state index in [0.717, 1.165) is 0 Å². The summed E-state index contributed by atoms with van der Waals surface area (Å²) in [6.45, 7) is 0. The van der Waals surface area contributed by atoms with Crippen LogP contribution in [-0.2, 0) is 49.8 Å². The van der Waals surface area contributed by atoms with Crippen molar-refractivity contribution in [2.45, 2.75) is 0 Å². The van der Waals surface area contributed by atoms with Gasteiger partial charge in [0.05, 0.1) is 0 Å². The van der Waals surface area contributed by atoms with Gasteiger partial charge in [0.2, 0.25) is 0 Å². The Kier molecular flexibility index (Phi) is 14.8. The molecule has 0 heterocycles. The smallest absolute Gasteiger partial charge is 0.328 e. The van der Waals surface area contributed by atoms with Gasteiger partial charge in [-0.3, -0.25) is 0 Å². The molecule has 0 amide bonds. The van der Waals surface area contributed by atoms with Crippen molar-refractivity contribution in [2.24, 2.45) is 0 Å². The summed E-state index contributed by atoms with van der Waals surface area (Å²) in [7, 11) is 0. The Morgan fingerprint density at radius 3 is 1.20 bits per heavy atom. The van der Waals surface area contributed by atoms with E-state index in [1.165, 1.54) is 0 Å². The molecule has 0 unspecified atom stereocenters. The molecule has 0 aliphatic carbocycles. The summed E-state index contributed by atoms with van der Waals surface area (Å²) in [6.07, 6.45) is 1.12. The van der Waals surface area contributed by atoms with E-state index in [2.05, 4.69) is 0 Å². The standard InChI is InChI=1S/C4H4O4.2Tc/c5-3(6)1-2-4(7)8;;/h1-2H,(H,5,6)(H,7,8);;/b2-1-;;. The van der Waals surface area contributed by atoms with Crippen LogP contribution in [0.2, 0.25) is 0 Å². The molecule has 0 aromatic carbocycles. The zero-order valence-electron chi connectivity index (χ0n) is 4.62. The third-order valence-corrected chi connectivity index (χ3v) is 0.368. The van der Waals surface area contributed by atoms with E-state index < -0.39 is 11.9 Å². The van der Waals surface area contributed by atoms with Crippen molar-refractivity contribution in [3.63, 3.8) is 0 Å². The number of hydrogen-bond donors (Lipinski definition) is 2. The van der Waals surface area contributed by atoms with Crippen LogP contribution in [0.4, 0.5) is 0 Å². The zero-order chi connectivity index (χ0) is 6.57. The Hall–Kier alpha value is -0.0213. The molecular formula is C4H4O4Tc2. The molecule has 0 rings (SSSR count). The van der Waals surface area contributed by atoms with E-state index in [9.17, 15) is 9.59 Å². The molecule has 0 saturated heterocycles. The van der Waals surface area contributed by atoms with Gasteiger partial charge in [0, 0.05) is 52.4 Å². The van der Waals surface area contributed by atoms with Crippen molar-refractivity contribution >= 4 is 11.9 Å². The minimum atomic E-state index is -1.26. The second-order valence-corrected chi connectivity index (χ2v) is 1.01. The maximum Gasteiger partial charge on any atom is 0.328 e. The fourth-order valence-corrected chi connectivity index (χ4v) is 0.143. The molecule has 0 aliphatic rings. The first kappa shape index (κ1) is 16.5. The van der Waals surface area contributed by atoms with Crippen LogP contribution in [-0.4, -0.2) is 22.2 Å². The molecule has 0 bridgehead atoms. The fourth-order valence-electron chi connectivity index (χ4n) is 0.143. The second kappa shape index (κ2) is 8.98. The summed E-state index contributed by atoms with van der Waals surface area (Å²) in [5.41, 5.74) is 0. The van der Waals surface area contributed by atoms with Gasteiger partial charge in [-0.15, -0.1) is 0 Å². The Labute approximate surface area is 84.0 Å². The topological polar surface area (TPSA) is 74.6 Å². The van der Waals surface area contributed by atoms with Crippen LogP contribution in [0.5, 0.6) is 0 Å². The molecule has 0 fully saturated rings. The SMILES string of the molecule is O=C(O)/C=C\C(=O)O.[Tc].[Tc]. The number of carboxylic acid groups (broad SMARTS) is 2. The maximum atomic E-state index is 9.55. The minimum Gasteiger partial charge on any atom is -0.478 e. The monoisotopic (exact) mass is 310 g/mol. The summed E-state index contributed by atoms with van der Waals surface area (Å²) in [4.78, 5) is 19.1. The van der Waals surface area contributed by atoms with Crippen molar-refractivity contribution < 1.29 is 60.0 Å². The number of carbonyl (C=O) groups is 2. The largest absolute Gasteiger partial charge is 0.478 e. The molecule has 0 aromatic rings. The fraction of sp³-hybridized carbons (Fsp3) is 0. The van der Waals surface area contributed by atoms with Crippen LogP contribution in [0.3, 0.4) is 0 Å². The summed E-state index contributed by atoms with van der Waals surface area (Å²) < 4.78 is 0. The van der Waals surface area contributed by atoms with E-state index >= 15 is 0 Å². The Morgan fingerprint density at radius 2 is 1.10 bits per heavy atom. The minimum absolute atomic E-state index is 0. The van der Waals surface area contributed by atoms with Crippen LogP contribution in [0.1, 0.15) is 0 Å². The van der Waals surface area contributed by atoms with Crippen LogP contribution in [0.15, 0.2) is 12.2 Å². The number of rotatable bonds is 2. The van der Waals surface area contributed by atoms with Crippen LogP contribution >= 0.6 is 0 Å². The van der Waals surface area contributed by atoms with E-state index in [-0.39, 0.29) is 40.2 Å². The average Bonchev–Trinajstić information content (AvgIpc) is 1.61. The van der Waals surface area contributed by atoms with Gasteiger partial charge in [-0.05, 0) is 0 Å². The van der Waals surface area contributed by atoms with E-state index in [1.54, 1.807) is 0 Å². The quantitative estimate of drug-likeness (QED) is 0.687. The number of aliphatic carboxylic acids is 2. The summed E-state index contributed by atoms with van der Waals surface area (Å²) >= 11 is 0. The van der Waals surface area contributed by atoms with Gasteiger partial charge in [0.1, 0.15) is 0 Å². The molecule has 0 aliphatic heterocycles. The number of hydrogen-bond acceptors (Lipinski definition) is 2. The molecule has 58 valence electrons. The van der Waals surface area contributed by atoms with Gasteiger partial charge in [0.15, 0.2) is 0 Å². The molecule has 2 N–H and O–H groups in total. The number of carboxylic acids is 2. The van der Waals surface area contributed by atoms with Crippen molar-refractivity contribution in [2.75, 3.05) is 0 Å². The first-order valence-corrected chi connectivity index (χ1v) is 1.77. The molecule has 4 nitrogen and oxygen atoms in total. The molecule has 0 saturated carbocycles. The summed E-state index contributed by atoms with van der Waals surface area (Å²) in [6, 6.07) is 0. The molecule has 0 atom stereocenters. The van der Waals surface area contributed by atoms with Gasteiger partial charge in [0.25, 0.3) is 0 Å². The van der Waals surface area contributed by atoms with E-state index in [1.807, 2.05) is 0 Å². The third-order valence-electron chi connectivity index (χ3n) is 0.368. The van der Waals surface area contributed by atoms with Crippen molar-refractivity contribution in [3.8, 4) is 0 Å². The molecule has 0 aromatic heterocycles. The molecule has 10 heavy (non-hydrogen) atoms. The van der Waals surface area contributed by atoms with Crippen molar-refractivity contribution in [1.82, 2.24) is 0 Å². The van der Waals surface area contributed by atoms with Crippen LogP contribution < -0.4 is 0 Å². The Morgan fingerprint density at radius 1 is 0.900 bits per heavy atom. The Balaban J connectivity index is -0.000000245. The predicted octanol–water partition coefficient (Wildman–Crippen LogP) is -0.293. The van der Waals surface area contributed by atoms with Gasteiger partial charge >= 0.3 is 11.9 Å². The van der Waals surface area contributed by atoms with Crippen LogP contribution in [0.25, 0.3) is 0 Å². The molecular weight excluding hydrogens is 308 g/mol. The first-order valence-electron chi connectivity index (χ1n) is 1.77. The van der Waals surface area contributed by atoms with Gasteiger partial charge in [-0.1, -0.05) is 0 Å². The Bertz CT molecular complexity index is 126. The van der Waals surface area contributed by atoms with E-state index in [0.29, 0.717) is 12.2 Å². The first-order chi connectivity index (χ1) is 3.63. The maximum absolute atomic E-state index is 9.55. The second-order valence-electron chi connectivity index (χ2n) is 1.01. The zero-order valence-corrected chi connectivity index (χ0v) is 8.34. The van der Waals surface area contributed by atoms with Gasteiger partial charge in [-0.2, -0.15) is 0 Å². The summed E-state index contributed by atoms with van der Waals surface area (Å²) in [5.74, 6) is -2.51. The van der Waals surface area contributed by atoms with Crippen LogP contribution in [0, 0.1) is 0 Å². The van der Waals surface area contributed by atoms with E-state index in [4.69, 9.17) is 10.2 Å². The third kappa shape index (κ3) is 15.7. The van der Waals surface area contributed by atoms with Gasteiger partial charge < -0.3 is 10.2 Å². The summed E-state index contributed by atoms with van der Waals surface area (Å²) in [5, 5.41) is 15.6. The molecule has 2 radical (unpaired) electrons. The predicted molar refractivity (Wildman–Crippen MR) is 24.4 cm³/mol. The molecule has 6 heteroatoms. The van der Waals surface area contributed by atoms with Gasteiger partial charge in [-0.25, -0.2) is 9.59 Å². The average molecular weight is 312 g/mol. The van der Waals surface area contributed by atoms with Crippen molar-refractivity contribution in [3.05, 3.63) is 12.2 Å². The molecule has 0 spiro atoms. The normalized spacial score (nSPS) is 7.60. The van der Waals surface area contributed by atoms with Crippen molar-refractivity contribution in [1.29, 1.82) is 0 Å².